The van der Waals surface area contributed by atoms with E-state index in [1.54, 1.807) is 0 Å². The minimum atomic E-state index is -0.763. The smallest absolute Gasteiger partial charge is 0.329 e. The minimum Gasteiger partial charge on any atom is -0.467 e. The van der Waals surface area contributed by atoms with Crippen LogP contribution in [-0.4, -0.2) is 42.3 Å². The van der Waals surface area contributed by atoms with Gasteiger partial charge in [0.1, 0.15) is 12.3 Å². The molecule has 0 radical (unpaired) electrons. The van der Waals surface area contributed by atoms with E-state index in [4.69, 9.17) is 14.9 Å². The average Bonchev–Trinajstić information content (AvgIpc) is 3.10. The van der Waals surface area contributed by atoms with Gasteiger partial charge in [-0.2, -0.15) is 11.8 Å². The van der Waals surface area contributed by atoms with Gasteiger partial charge in [0.15, 0.2) is 11.6 Å². The summed E-state index contributed by atoms with van der Waals surface area (Å²) in [5, 5.41) is 2.64. The summed E-state index contributed by atoms with van der Waals surface area (Å²) in [5.41, 5.74) is 6.68. The zero-order valence-electron chi connectivity index (χ0n) is 13.9. The first-order valence-electron chi connectivity index (χ1n) is 7.79. The molecule has 2 rings (SSSR count). The van der Waals surface area contributed by atoms with E-state index in [1.165, 1.54) is 25.1 Å². The van der Waals surface area contributed by atoms with E-state index in [-0.39, 0.29) is 5.69 Å². The van der Waals surface area contributed by atoms with Crippen molar-refractivity contribution in [3.05, 3.63) is 53.7 Å². The summed E-state index contributed by atoms with van der Waals surface area (Å²) in [6.45, 7) is 0.377. The van der Waals surface area contributed by atoms with Crippen molar-refractivity contribution in [2.24, 2.45) is 5.73 Å². The topological polar surface area (TPSA) is 107 Å². The highest BCUT2D eigenvalue weighted by atomic mass is 32.2. The van der Waals surface area contributed by atoms with Crippen LogP contribution in [0.3, 0.4) is 0 Å². The molecule has 1 amide bonds. The van der Waals surface area contributed by atoms with Crippen LogP contribution in [0.4, 0.5) is 0 Å². The predicted octanol–water partition coefficient (Wildman–Crippen LogP) is 1.38. The maximum Gasteiger partial charge on any atom is 0.329 e. The molecule has 25 heavy (non-hydrogen) atoms. The Kier molecular flexibility index (Phi) is 7.49. The summed E-state index contributed by atoms with van der Waals surface area (Å²) >= 11 is 1.53. The Labute approximate surface area is 150 Å². The number of nitrogens with zero attached hydrogens (tertiary/aromatic N) is 1. The number of esters is 1. The van der Waals surface area contributed by atoms with Crippen molar-refractivity contribution in [1.82, 2.24) is 10.3 Å². The summed E-state index contributed by atoms with van der Waals surface area (Å²) in [4.78, 5) is 28.2. The molecular weight excluding hydrogens is 342 g/mol. The summed E-state index contributed by atoms with van der Waals surface area (Å²) < 4.78 is 9.93. The van der Waals surface area contributed by atoms with Crippen molar-refractivity contribution in [2.45, 2.75) is 18.2 Å². The van der Waals surface area contributed by atoms with Crippen molar-refractivity contribution in [1.29, 1.82) is 0 Å². The zero-order valence-corrected chi connectivity index (χ0v) is 14.8. The zero-order chi connectivity index (χ0) is 18.1. The second kappa shape index (κ2) is 9.85. The molecule has 0 fully saturated rings. The second-order valence-electron chi connectivity index (χ2n) is 5.22. The standard InChI is InChI=1S/C17H21N3O4S/c1-23-17(22)14(11-25-10-12-5-3-2-4-6-12)20-16(21)13-9-24-15(19-13)7-8-18/h2-6,9,14H,7-8,10-11,18H2,1H3,(H,20,21). The fourth-order valence-corrected chi connectivity index (χ4v) is 3.07. The van der Waals surface area contributed by atoms with Crippen LogP contribution < -0.4 is 11.1 Å². The van der Waals surface area contributed by atoms with Gasteiger partial charge in [-0.3, -0.25) is 4.79 Å². The third-order valence-electron chi connectivity index (χ3n) is 3.33. The molecule has 0 aliphatic heterocycles. The van der Waals surface area contributed by atoms with E-state index in [9.17, 15) is 9.59 Å². The van der Waals surface area contributed by atoms with Crippen LogP contribution in [0, 0.1) is 0 Å². The number of benzene rings is 1. The summed E-state index contributed by atoms with van der Waals surface area (Å²) in [6, 6.07) is 9.11. The predicted molar refractivity (Wildman–Crippen MR) is 95.1 cm³/mol. The quantitative estimate of drug-likeness (QED) is 0.648. The van der Waals surface area contributed by atoms with Crippen molar-refractivity contribution in [2.75, 3.05) is 19.4 Å². The molecule has 0 saturated carbocycles. The maximum atomic E-state index is 12.2. The first-order valence-corrected chi connectivity index (χ1v) is 8.94. The molecule has 0 spiro atoms. The van der Waals surface area contributed by atoms with Crippen molar-refractivity contribution >= 4 is 23.6 Å². The van der Waals surface area contributed by atoms with E-state index >= 15 is 0 Å². The van der Waals surface area contributed by atoms with Crippen LogP contribution >= 0.6 is 11.8 Å². The molecule has 0 aliphatic rings. The van der Waals surface area contributed by atoms with Gasteiger partial charge in [0.25, 0.3) is 5.91 Å². The van der Waals surface area contributed by atoms with Gasteiger partial charge in [0, 0.05) is 24.5 Å². The Morgan fingerprint density at radius 2 is 2.12 bits per heavy atom. The number of nitrogens with one attached hydrogen (secondary N) is 1. The molecule has 0 aliphatic carbocycles. The van der Waals surface area contributed by atoms with Crippen LogP contribution in [-0.2, 0) is 21.7 Å². The van der Waals surface area contributed by atoms with Gasteiger partial charge >= 0.3 is 5.97 Å². The molecule has 2 aromatic rings. The van der Waals surface area contributed by atoms with Crippen molar-refractivity contribution in [3.8, 4) is 0 Å². The highest BCUT2D eigenvalue weighted by molar-refractivity contribution is 7.98. The third-order valence-corrected chi connectivity index (χ3v) is 4.44. The number of nitrogens with two attached hydrogens (primary N) is 1. The van der Waals surface area contributed by atoms with E-state index in [0.29, 0.717) is 24.6 Å². The Hall–Kier alpha value is -2.32. The molecule has 1 aromatic carbocycles. The number of thioether (sulfide) groups is 1. The fourth-order valence-electron chi connectivity index (χ4n) is 2.07. The molecule has 1 aromatic heterocycles. The first kappa shape index (κ1) is 19.0. The first-order chi connectivity index (χ1) is 12.1. The van der Waals surface area contributed by atoms with Crippen LogP contribution in [0.25, 0.3) is 0 Å². The Bertz CT molecular complexity index is 690. The lowest BCUT2D eigenvalue weighted by Gasteiger charge is -2.15. The van der Waals surface area contributed by atoms with E-state index in [0.717, 1.165) is 11.3 Å². The molecule has 0 bridgehead atoms. The number of hydrogen-bond donors (Lipinski definition) is 2. The normalized spacial score (nSPS) is 11.8. The van der Waals surface area contributed by atoms with Gasteiger partial charge in [-0.05, 0) is 5.56 Å². The number of hydrogen-bond acceptors (Lipinski definition) is 7. The Morgan fingerprint density at radius 3 is 2.80 bits per heavy atom. The Morgan fingerprint density at radius 1 is 1.36 bits per heavy atom. The van der Waals surface area contributed by atoms with Crippen LogP contribution in [0.2, 0.25) is 0 Å². The molecule has 1 atom stereocenters. The highest BCUT2D eigenvalue weighted by Gasteiger charge is 2.23. The van der Waals surface area contributed by atoms with Crippen LogP contribution in [0.5, 0.6) is 0 Å². The van der Waals surface area contributed by atoms with E-state index in [1.807, 2.05) is 30.3 Å². The summed E-state index contributed by atoms with van der Waals surface area (Å²) in [7, 11) is 1.29. The number of aromatic nitrogens is 1. The van der Waals surface area contributed by atoms with Gasteiger partial charge in [0.05, 0.1) is 7.11 Å². The molecule has 1 heterocycles. The largest absolute Gasteiger partial charge is 0.467 e. The SMILES string of the molecule is COC(=O)C(CSCc1ccccc1)NC(=O)c1coc(CCN)n1. The van der Waals surface area contributed by atoms with E-state index < -0.39 is 17.9 Å². The molecule has 3 N–H and O–H groups in total. The lowest BCUT2D eigenvalue weighted by molar-refractivity contribution is -0.142. The number of amides is 1. The number of ether oxygens (including phenoxy) is 1. The van der Waals surface area contributed by atoms with E-state index in [2.05, 4.69) is 10.3 Å². The third kappa shape index (κ3) is 5.91. The second-order valence-corrected chi connectivity index (χ2v) is 6.25. The lowest BCUT2D eigenvalue weighted by atomic mass is 10.2. The van der Waals surface area contributed by atoms with Gasteiger partial charge in [-0.15, -0.1) is 0 Å². The number of methoxy groups -OCH3 is 1. The fraction of sp³-hybridized carbons (Fsp3) is 0.353. The van der Waals surface area contributed by atoms with Gasteiger partial charge in [-0.25, -0.2) is 9.78 Å². The minimum absolute atomic E-state index is 0.116. The molecule has 8 heteroatoms. The van der Waals surface area contributed by atoms with Gasteiger partial charge < -0.3 is 20.2 Å². The lowest BCUT2D eigenvalue weighted by Crippen LogP contribution is -2.43. The maximum absolute atomic E-state index is 12.2. The number of carbonyl (C=O) groups is 2. The number of carbonyl (C=O) groups excluding carboxylic acids is 2. The molecule has 0 saturated heterocycles. The Balaban J connectivity index is 1.92. The number of rotatable bonds is 9. The molecule has 1 unspecified atom stereocenters. The van der Waals surface area contributed by atoms with Crippen LogP contribution in [0.15, 0.2) is 41.0 Å². The molecular formula is C17H21N3O4S. The number of oxazole rings is 1. The van der Waals surface area contributed by atoms with Crippen LogP contribution in [0.1, 0.15) is 21.9 Å². The van der Waals surface area contributed by atoms with Gasteiger partial charge in [-0.1, -0.05) is 30.3 Å². The van der Waals surface area contributed by atoms with Gasteiger partial charge in [0.2, 0.25) is 0 Å². The molecule has 7 nitrogen and oxygen atoms in total. The highest BCUT2D eigenvalue weighted by Crippen LogP contribution is 2.14. The van der Waals surface area contributed by atoms with Crippen molar-refractivity contribution < 1.29 is 18.7 Å². The van der Waals surface area contributed by atoms with Crippen molar-refractivity contribution in [3.63, 3.8) is 0 Å². The molecule has 134 valence electrons. The summed E-state index contributed by atoms with van der Waals surface area (Å²) in [5.74, 6) is 0.526. The summed E-state index contributed by atoms with van der Waals surface area (Å²) in [6.07, 6.45) is 1.70. The monoisotopic (exact) mass is 363 g/mol. The average molecular weight is 363 g/mol.